The second-order valence-corrected chi connectivity index (χ2v) is 9.62. The zero-order valence-electron chi connectivity index (χ0n) is 21.5. The molecule has 5 heteroatoms. The van der Waals surface area contributed by atoms with E-state index in [0.717, 1.165) is 18.5 Å². The standard InChI is InChI=1S/C28H43N3O2/c1-7-9-10-12-24-14-16-25(17-15-24)28(33)31(23(5)8-2)21-27(32)30(19-22(3)4)20-26-13-11-18-29(26)6/h11,13-18,22-23H,7-10,12,19-21H2,1-6H3. The van der Waals surface area contributed by atoms with Crippen molar-refractivity contribution in [3.8, 4) is 0 Å². The highest BCUT2D eigenvalue weighted by atomic mass is 16.2. The van der Waals surface area contributed by atoms with Crippen LogP contribution in [0.15, 0.2) is 42.6 Å². The zero-order valence-corrected chi connectivity index (χ0v) is 21.5. The molecule has 0 fully saturated rings. The number of rotatable bonds is 13. The average Bonchev–Trinajstić information content (AvgIpc) is 3.20. The Morgan fingerprint density at radius 3 is 2.24 bits per heavy atom. The van der Waals surface area contributed by atoms with Crippen LogP contribution in [0, 0.1) is 5.92 Å². The molecule has 0 radical (unpaired) electrons. The Bertz CT molecular complexity index is 870. The SMILES string of the molecule is CCCCCc1ccc(C(=O)N(CC(=O)N(Cc2cccn2C)CC(C)C)C(C)CC)cc1. The van der Waals surface area contributed by atoms with Gasteiger partial charge in [0.15, 0.2) is 0 Å². The summed E-state index contributed by atoms with van der Waals surface area (Å²) in [5, 5.41) is 0. The molecule has 0 saturated heterocycles. The number of aryl methyl sites for hydroxylation is 2. The molecule has 1 aromatic carbocycles. The van der Waals surface area contributed by atoms with Crippen molar-refractivity contribution in [3.63, 3.8) is 0 Å². The molecule has 33 heavy (non-hydrogen) atoms. The monoisotopic (exact) mass is 453 g/mol. The molecule has 0 N–H and O–H groups in total. The lowest BCUT2D eigenvalue weighted by Gasteiger charge is -2.32. The van der Waals surface area contributed by atoms with E-state index in [1.807, 2.05) is 53.9 Å². The first-order valence-electron chi connectivity index (χ1n) is 12.5. The van der Waals surface area contributed by atoms with Crippen molar-refractivity contribution in [2.24, 2.45) is 13.0 Å². The maximum absolute atomic E-state index is 13.4. The number of nitrogens with zero attached hydrogens (tertiary/aromatic N) is 3. The third-order valence-electron chi connectivity index (χ3n) is 6.30. The summed E-state index contributed by atoms with van der Waals surface area (Å²) in [6.45, 7) is 11.8. The highest BCUT2D eigenvalue weighted by Gasteiger charge is 2.26. The summed E-state index contributed by atoms with van der Waals surface area (Å²) in [6, 6.07) is 12.0. The molecule has 0 bridgehead atoms. The van der Waals surface area contributed by atoms with Gasteiger partial charge < -0.3 is 14.4 Å². The number of hydrogen-bond donors (Lipinski definition) is 0. The van der Waals surface area contributed by atoms with Gasteiger partial charge in [-0.3, -0.25) is 9.59 Å². The van der Waals surface area contributed by atoms with Crippen LogP contribution in [-0.2, 0) is 24.8 Å². The lowest BCUT2D eigenvalue weighted by atomic mass is 10.0. The Labute approximate surface area is 200 Å². The van der Waals surface area contributed by atoms with Crippen LogP contribution in [0.3, 0.4) is 0 Å². The van der Waals surface area contributed by atoms with Crippen molar-refractivity contribution in [2.75, 3.05) is 13.1 Å². The van der Waals surface area contributed by atoms with Crippen LogP contribution >= 0.6 is 0 Å². The summed E-state index contributed by atoms with van der Waals surface area (Å²) < 4.78 is 2.04. The number of benzene rings is 1. The second-order valence-electron chi connectivity index (χ2n) is 9.62. The zero-order chi connectivity index (χ0) is 24.4. The molecule has 0 aliphatic heterocycles. The van der Waals surface area contributed by atoms with Gasteiger partial charge in [-0.1, -0.05) is 52.7 Å². The summed E-state index contributed by atoms with van der Waals surface area (Å²) in [5.74, 6) is 0.276. The molecular formula is C28H43N3O2. The van der Waals surface area contributed by atoms with Gasteiger partial charge in [0.05, 0.1) is 6.54 Å². The summed E-state index contributed by atoms with van der Waals surface area (Å²) in [6.07, 6.45) is 7.43. The Morgan fingerprint density at radius 1 is 1.00 bits per heavy atom. The number of aromatic nitrogens is 1. The molecule has 1 atom stereocenters. The fraction of sp³-hybridized carbons (Fsp3) is 0.571. The third kappa shape index (κ3) is 8.06. The van der Waals surface area contributed by atoms with Crippen LogP contribution in [-0.4, -0.2) is 45.3 Å². The molecule has 0 spiro atoms. The lowest BCUT2D eigenvalue weighted by Crippen LogP contribution is -2.47. The number of carbonyl (C=O) groups excluding carboxylic acids is 2. The van der Waals surface area contributed by atoms with Crippen LogP contribution in [0.1, 0.15) is 81.9 Å². The van der Waals surface area contributed by atoms with Gasteiger partial charge in [-0.2, -0.15) is 0 Å². The first-order valence-corrected chi connectivity index (χ1v) is 12.5. The predicted molar refractivity (Wildman–Crippen MR) is 136 cm³/mol. The van der Waals surface area contributed by atoms with Crippen molar-refractivity contribution in [2.45, 2.75) is 79.3 Å². The topological polar surface area (TPSA) is 45.6 Å². The largest absolute Gasteiger partial charge is 0.353 e. The van der Waals surface area contributed by atoms with Crippen LogP contribution in [0.5, 0.6) is 0 Å². The molecule has 2 amide bonds. The summed E-state index contributed by atoms with van der Waals surface area (Å²) >= 11 is 0. The normalized spacial score (nSPS) is 12.1. The van der Waals surface area contributed by atoms with Gasteiger partial charge >= 0.3 is 0 Å². The van der Waals surface area contributed by atoms with Gasteiger partial charge in [-0.05, 0) is 61.9 Å². The molecule has 1 heterocycles. The Morgan fingerprint density at radius 2 is 1.70 bits per heavy atom. The summed E-state index contributed by atoms with van der Waals surface area (Å²) in [4.78, 5) is 30.5. The minimum absolute atomic E-state index is 0.00487. The highest BCUT2D eigenvalue weighted by Crippen LogP contribution is 2.16. The van der Waals surface area contributed by atoms with Gasteiger partial charge in [0.1, 0.15) is 6.54 Å². The number of unbranched alkanes of at least 4 members (excludes halogenated alkanes) is 2. The molecule has 1 aromatic heterocycles. The number of carbonyl (C=O) groups is 2. The third-order valence-corrected chi connectivity index (χ3v) is 6.30. The first kappa shape index (κ1) is 26.7. The van der Waals surface area contributed by atoms with Gasteiger partial charge in [-0.25, -0.2) is 0 Å². The van der Waals surface area contributed by atoms with Gasteiger partial charge in [0.25, 0.3) is 5.91 Å². The van der Waals surface area contributed by atoms with Crippen molar-refractivity contribution in [1.29, 1.82) is 0 Å². The quantitative estimate of drug-likeness (QED) is 0.366. The highest BCUT2D eigenvalue weighted by molar-refractivity contribution is 5.96. The Balaban J connectivity index is 2.16. The van der Waals surface area contributed by atoms with Crippen LogP contribution in [0.2, 0.25) is 0 Å². The smallest absolute Gasteiger partial charge is 0.254 e. The molecule has 5 nitrogen and oxygen atoms in total. The number of amides is 2. The predicted octanol–water partition coefficient (Wildman–Crippen LogP) is 5.68. The van der Waals surface area contributed by atoms with E-state index in [9.17, 15) is 9.59 Å². The van der Waals surface area contributed by atoms with E-state index >= 15 is 0 Å². The maximum atomic E-state index is 13.4. The Kier molecular flexibility index (Phi) is 10.7. The molecule has 2 rings (SSSR count). The molecule has 0 saturated carbocycles. The van der Waals surface area contributed by atoms with Crippen LogP contribution < -0.4 is 0 Å². The Hall–Kier alpha value is -2.56. The molecular weight excluding hydrogens is 410 g/mol. The van der Waals surface area contributed by atoms with E-state index in [1.54, 1.807) is 4.90 Å². The van der Waals surface area contributed by atoms with Gasteiger partial charge in [-0.15, -0.1) is 0 Å². The van der Waals surface area contributed by atoms with Crippen molar-refractivity contribution >= 4 is 11.8 Å². The van der Waals surface area contributed by atoms with Crippen molar-refractivity contribution < 1.29 is 9.59 Å². The number of hydrogen-bond acceptors (Lipinski definition) is 2. The van der Waals surface area contributed by atoms with Crippen LogP contribution in [0.4, 0.5) is 0 Å². The van der Waals surface area contributed by atoms with E-state index in [4.69, 9.17) is 0 Å². The van der Waals surface area contributed by atoms with E-state index in [1.165, 1.54) is 24.8 Å². The average molecular weight is 454 g/mol. The minimum Gasteiger partial charge on any atom is -0.353 e. The van der Waals surface area contributed by atoms with Crippen LogP contribution in [0.25, 0.3) is 0 Å². The van der Waals surface area contributed by atoms with E-state index in [-0.39, 0.29) is 24.4 Å². The lowest BCUT2D eigenvalue weighted by molar-refractivity contribution is -0.133. The van der Waals surface area contributed by atoms with E-state index in [2.05, 4.69) is 39.8 Å². The van der Waals surface area contributed by atoms with E-state index in [0.29, 0.717) is 24.6 Å². The summed E-state index contributed by atoms with van der Waals surface area (Å²) in [5.41, 5.74) is 3.00. The van der Waals surface area contributed by atoms with Crippen molar-refractivity contribution in [3.05, 3.63) is 59.4 Å². The molecule has 0 aliphatic rings. The summed E-state index contributed by atoms with van der Waals surface area (Å²) in [7, 11) is 1.99. The van der Waals surface area contributed by atoms with Gasteiger partial charge in [0, 0.05) is 37.1 Å². The van der Waals surface area contributed by atoms with Gasteiger partial charge in [0.2, 0.25) is 5.91 Å². The molecule has 0 aliphatic carbocycles. The first-order chi connectivity index (χ1) is 15.8. The molecule has 2 aromatic rings. The maximum Gasteiger partial charge on any atom is 0.254 e. The fourth-order valence-electron chi connectivity index (χ4n) is 4.00. The molecule has 1 unspecified atom stereocenters. The second kappa shape index (κ2) is 13.2. The van der Waals surface area contributed by atoms with E-state index < -0.39 is 0 Å². The minimum atomic E-state index is -0.0684. The fourth-order valence-corrected chi connectivity index (χ4v) is 4.00. The molecule has 182 valence electrons. The van der Waals surface area contributed by atoms with Crippen molar-refractivity contribution in [1.82, 2.24) is 14.4 Å².